The molecule has 0 amide bonds. The number of carbonyl (C=O) groups is 1. The molecule has 2 heterocycles. The first-order valence-electron chi connectivity index (χ1n) is 12.4. The van der Waals surface area contributed by atoms with Crippen molar-refractivity contribution in [3.63, 3.8) is 0 Å². The predicted molar refractivity (Wildman–Crippen MR) is 138 cm³/mol. The molecule has 0 saturated carbocycles. The van der Waals surface area contributed by atoms with Crippen LogP contribution in [0.2, 0.25) is 0 Å². The molecule has 1 aliphatic rings. The molecule has 8 heteroatoms. The summed E-state index contributed by atoms with van der Waals surface area (Å²) < 4.78 is 37.7. The number of aromatic nitrogens is 1. The van der Waals surface area contributed by atoms with Gasteiger partial charge in [0.2, 0.25) is 0 Å². The standard InChI is InChI=1S/C29H32F2N2O4/c1-36-22-16-24-23(6-3-7-27(24)32-17-22)28(34)11-8-19-12-14-33(18-25(19)29(35)37-2)13-4-5-20-15-21(30)9-10-26(20)31/h3-7,9-10,15-17,19,25,28,34H,8,11-14,18H2,1-2H3/b5-4+/t19-,25+,28?/m1/s1. The van der Waals surface area contributed by atoms with E-state index in [1.165, 1.54) is 7.11 Å². The molecule has 3 atom stereocenters. The molecule has 4 rings (SSSR count). The van der Waals surface area contributed by atoms with E-state index in [4.69, 9.17) is 9.47 Å². The third-order valence-corrected chi connectivity index (χ3v) is 7.10. The van der Waals surface area contributed by atoms with Gasteiger partial charge in [0.05, 0.1) is 38.0 Å². The summed E-state index contributed by atoms with van der Waals surface area (Å²) in [6.45, 7) is 1.75. The average molecular weight is 511 g/mol. The molecule has 0 aliphatic carbocycles. The first kappa shape index (κ1) is 26.7. The summed E-state index contributed by atoms with van der Waals surface area (Å²) >= 11 is 0. The molecule has 1 fully saturated rings. The van der Waals surface area contributed by atoms with Gasteiger partial charge in [-0.05, 0) is 67.6 Å². The topological polar surface area (TPSA) is 71.9 Å². The molecule has 0 radical (unpaired) electrons. The molecule has 2 aromatic carbocycles. The molecular formula is C29H32F2N2O4. The second kappa shape index (κ2) is 12.3. The van der Waals surface area contributed by atoms with E-state index in [0.717, 1.165) is 47.6 Å². The Kier molecular flexibility index (Phi) is 8.84. The number of carbonyl (C=O) groups excluding carboxylic acids is 1. The van der Waals surface area contributed by atoms with E-state index in [0.29, 0.717) is 31.7 Å². The lowest BCUT2D eigenvalue weighted by molar-refractivity contribution is -0.150. The minimum absolute atomic E-state index is 0.0608. The lowest BCUT2D eigenvalue weighted by Gasteiger charge is -2.37. The molecule has 0 bridgehead atoms. The van der Waals surface area contributed by atoms with Gasteiger partial charge in [-0.2, -0.15) is 0 Å². The largest absolute Gasteiger partial charge is 0.495 e. The normalized spacial score (nSPS) is 19.3. The molecular weight excluding hydrogens is 478 g/mol. The number of hydrogen-bond acceptors (Lipinski definition) is 6. The number of aliphatic hydroxyl groups excluding tert-OH is 1. The lowest BCUT2D eigenvalue weighted by Crippen LogP contribution is -2.44. The van der Waals surface area contributed by atoms with Gasteiger partial charge in [0.15, 0.2) is 0 Å². The number of likely N-dealkylation sites (tertiary alicyclic amines) is 1. The fourth-order valence-electron chi connectivity index (χ4n) is 5.05. The SMILES string of the molecule is COC(=O)[C@H]1CN(C/C=C/c2cc(F)ccc2F)CC[C@H]1CCC(O)c1cccc2ncc(OC)cc12. The van der Waals surface area contributed by atoms with E-state index in [1.807, 2.05) is 24.3 Å². The molecule has 0 spiro atoms. The van der Waals surface area contributed by atoms with Crippen molar-refractivity contribution in [1.29, 1.82) is 0 Å². The number of piperidine rings is 1. The second-order valence-corrected chi connectivity index (χ2v) is 9.39. The van der Waals surface area contributed by atoms with Gasteiger partial charge >= 0.3 is 5.97 Å². The highest BCUT2D eigenvalue weighted by Crippen LogP contribution is 2.34. The smallest absolute Gasteiger partial charge is 0.310 e. The third-order valence-electron chi connectivity index (χ3n) is 7.10. The van der Waals surface area contributed by atoms with Crippen LogP contribution < -0.4 is 4.74 Å². The highest BCUT2D eigenvalue weighted by molar-refractivity contribution is 5.83. The van der Waals surface area contributed by atoms with Crippen molar-refractivity contribution in [3.8, 4) is 5.75 Å². The number of ether oxygens (including phenoxy) is 2. The van der Waals surface area contributed by atoms with Crippen molar-refractivity contribution in [3.05, 3.63) is 77.5 Å². The van der Waals surface area contributed by atoms with Crippen molar-refractivity contribution in [2.45, 2.75) is 25.4 Å². The number of rotatable bonds is 9. The molecule has 196 valence electrons. The molecule has 1 aliphatic heterocycles. The van der Waals surface area contributed by atoms with Crippen LogP contribution in [0.1, 0.15) is 36.5 Å². The first-order valence-corrected chi connectivity index (χ1v) is 12.4. The number of aliphatic hydroxyl groups is 1. The summed E-state index contributed by atoms with van der Waals surface area (Å²) in [5, 5.41) is 11.9. The van der Waals surface area contributed by atoms with Crippen molar-refractivity contribution < 1.29 is 28.2 Å². The van der Waals surface area contributed by atoms with E-state index in [9.17, 15) is 18.7 Å². The summed E-state index contributed by atoms with van der Waals surface area (Å²) in [7, 11) is 2.97. The van der Waals surface area contributed by atoms with Gasteiger partial charge in [0.1, 0.15) is 17.4 Å². The van der Waals surface area contributed by atoms with Gasteiger partial charge < -0.3 is 14.6 Å². The monoisotopic (exact) mass is 510 g/mol. The van der Waals surface area contributed by atoms with E-state index in [2.05, 4.69) is 9.88 Å². The lowest BCUT2D eigenvalue weighted by atomic mass is 9.81. The van der Waals surface area contributed by atoms with Gasteiger partial charge in [0, 0.05) is 24.0 Å². The Hall–Kier alpha value is -3.36. The Morgan fingerprint density at radius 3 is 2.86 bits per heavy atom. The van der Waals surface area contributed by atoms with Crippen LogP contribution in [0.15, 0.2) is 54.7 Å². The summed E-state index contributed by atoms with van der Waals surface area (Å²) in [4.78, 5) is 19.1. The summed E-state index contributed by atoms with van der Waals surface area (Å²) in [6.07, 6.45) is 6.19. The maximum atomic E-state index is 13.9. The van der Waals surface area contributed by atoms with Crippen LogP contribution >= 0.6 is 0 Å². The van der Waals surface area contributed by atoms with Gasteiger partial charge in [-0.1, -0.05) is 24.3 Å². The van der Waals surface area contributed by atoms with Crippen LogP contribution in [0.5, 0.6) is 5.75 Å². The Bertz CT molecular complexity index is 1270. The number of benzene rings is 2. The molecule has 6 nitrogen and oxygen atoms in total. The number of halogens is 2. The average Bonchev–Trinajstić information content (AvgIpc) is 2.92. The predicted octanol–water partition coefficient (Wildman–Crippen LogP) is 5.16. The minimum Gasteiger partial charge on any atom is -0.495 e. The second-order valence-electron chi connectivity index (χ2n) is 9.39. The van der Waals surface area contributed by atoms with E-state index < -0.39 is 17.7 Å². The fourth-order valence-corrected chi connectivity index (χ4v) is 5.05. The van der Waals surface area contributed by atoms with Crippen LogP contribution in [-0.2, 0) is 9.53 Å². The Labute approximate surface area is 215 Å². The zero-order valence-electron chi connectivity index (χ0n) is 21.1. The van der Waals surface area contributed by atoms with Crippen LogP contribution in [-0.4, -0.2) is 54.8 Å². The minimum atomic E-state index is -0.710. The van der Waals surface area contributed by atoms with Gasteiger partial charge in [-0.3, -0.25) is 14.7 Å². The first-order chi connectivity index (χ1) is 17.9. The van der Waals surface area contributed by atoms with E-state index in [1.54, 1.807) is 25.5 Å². The van der Waals surface area contributed by atoms with E-state index >= 15 is 0 Å². The number of methoxy groups -OCH3 is 2. The van der Waals surface area contributed by atoms with Crippen molar-refractivity contribution in [2.24, 2.45) is 11.8 Å². The number of esters is 1. The number of hydrogen-bond donors (Lipinski definition) is 1. The van der Waals surface area contributed by atoms with Crippen LogP contribution in [0.4, 0.5) is 8.78 Å². The maximum absolute atomic E-state index is 13.9. The molecule has 1 saturated heterocycles. The summed E-state index contributed by atoms with van der Waals surface area (Å²) in [5.74, 6) is -0.899. The van der Waals surface area contributed by atoms with Gasteiger partial charge in [0.25, 0.3) is 0 Å². The molecule has 37 heavy (non-hydrogen) atoms. The third kappa shape index (κ3) is 6.50. The zero-order valence-corrected chi connectivity index (χ0v) is 21.1. The highest BCUT2D eigenvalue weighted by atomic mass is 19.1. The number of nitrogens with zero attached hydrogens (tertiary/aromatic N) is 2. The van der Waals surface area contributed by atoms with Crippen LogP contribution in [0.3, 0.4) is 0 Å². The van der Waals surface area contributed by atoms with Gasteiger partial charge in [-0.15, -0.1) is 0 Å². The van der Waals surface area contributed by atoms with Crippen LogP contribution in [0.25, 0.3) is 17.0 Å². The van der Waals surface area contributed by atoms with Crippen molar-refractivity contribution in [2.75, 3.05) is 33.9 Å². The van der Waals surface area contributed by atoms with Gasteiger partial charge in [-0.25, -0.2) is 8.78 Å². The number of pyridine rings is 1. The molecule has 1 N–H and O–H groups in total. The fraction of sp³-hybridized carbons (Fsp3) is 0.379. The Morgan fingerprint density at radius 2 is 2.08 bits per heavy atom. The van der Waals surface area contributed by atoms with Crippen molar-refractivity contribution >= 4 is 22.9 Å². The van der Waals surface area contributed by atoms with Crippen molar-refractivity contribution in [1.82, 2.24) is 9.88 Å². The summed E-state index contributed by atoms with van der Waals surface area (Å²) in [6, 6.07) is 10.9. The Morgan fingerprint density at radius 1 is 1.24 bits per heavy atom. The molecule has 1 unspecified atom stereocenters. The highest BCUT2D eigenvalue weighted by Gasteiger charge is 2.35. The van der Waals surface area contributed by atoms with E-state index in [-0.39, 0.29) is 23.4 Å². The van der Waals surface area contributed by atoms with Crippen LogP contribution in [0, 0.1) is 23.5 Å². The maximum Gasteiger partial charge on any atom is 0.310 e. The molecule has 3 aromatic rings. The Balaban J connectivity index is 1.39. The zero-order chi connectivity index (χ0) is 26.4. The molecule has 1 aromatic heterocycles. The quantitative estimate of drug-likeness (QED) is 0.401. The summed E-state index contributed by atoms with van der Waals surface area (Å²) in [5.41, 5.74) is 1.75. The number of fused-ring (bicyclic) bond motifs is 1.